The van der Waals surface area contributed by atoms with Crippen LogP contribution in [0, 0.1) is 15.9 Å². The second-order valence-electron chi connectivity index (χ2n) is 4.81. The Hall–Kier alpha value is -2.61. The Kier molecular flexibility index (Phi) is 6.14. The van der Waals surface area contributed by atoms with Gasteiger partial charge in [0.15, 0.2) is 5.75 Å². The molecule has 1 amide bonds. The molecule has 0 bridgehead atoms. The molecule has 0 spiro atoms. The predicted octanol–water partition coefficient (Wildman–Crippen LogP) is 3.61. The lowest BCUT2D eigenvalue weighted by molar-refractivity contribution is -0.385. The van der Waals surface area contributed by atoms with Gasteiger partial charge in [0.2, 0.25) is 5.91 Å². The van der Waals surface area contributed by atoms with Crippen molar-refractivity contribution in [3.63, 3.8) is 0 Å². The Bertz CT molecular complexity index is 737. The number of thioether (sulfide) groups is 1. The van der Waals surface area contributed by atoms with Crippen LogP contribution < -0.4 is 10.1 Å². The average molecular weight is 350 g/mol. The maximum Gasteiger partial charge on any atom is 0.311 e. The highest BCUT2D eigenvalue weighted by atomic mass is 32.2. The molecule has 0 saturated heterocycles. The number of methoxy groups -OCH3 is 1. The van der Waals surface area contributed by atoms with E-state index in [-0.39, 0.29) is 28.9 Å². The van der Waals surface area contributed by atoms with Gasteiger partial charge in [0.25, 0.3) is 0 Å². The molecule has 0 unspecified atom stereocenters. The summed E-state index contributed by atoms with van der Waals surface area (Å²) in [7, 11) is 1.37. The van der Waals surface area contributed by atoms with Crippen molar-refractivity contribution in [2.45, 2.75) is 5.75 Å². The zero-order valence-corrected chi connectivity index (χ0v) is 13.6. The van der Waals surface area contributed by atoms with E-state index in [0.717, 1.165) is 5.56 Å². The number of hydrogen-bond acceptors (Lipinski definition) is 5. The number of hydrogen-bond donors (Lipinski definition) is 1. The van der Waals surface area contributed by atoms with Crippen molar-refractivity contribution in [3.8, 4) is 5.75 Å². The number of carbonyl (C=O) groups is 1. The zero-order valence-electron chi connectivity index (χ0n) is 12.8. The fourth-order valence-corrected chi connectivity index (χ4v) is 2.73. The number of amides is 1. The summed E-state index contributed by atoms with van der Waals surface area (Å²) in [6.45, 7) is 0. The highest BCUT2D eigenvalue weighted by Crippen LogP contribution is 2.29. The van der Waals surface area contributed by atoms with Crippen LogP contribution in [0.2, 0.25) is 0 Å². The average Bonchev–Trinajstić information content (AvgIpc) is 2.56. The first-order valence-electron chi connectivity index (χ1n) is 6.94. The molecule has 0 heterocycles. The third kappa shape index (κ3) is 4.95. The van der Waals surface area contributed by atoms with Gasteiger partial charge in [-0.1, -0.05) is 6.07 Å². The van der Waals surface area contributed by atoms with Crippen LogP contribution in [0.4, 0.5) is 15.8 Å². The number of benzene rings is 2. The summed E-state index contributed by atoms with van der Waals surface area (Å²) in [4.78, 5) is 22.3. The molecular weight excluding hydrogens is 335 g/mol. The summed E-state index contributed by atoms with van der Waals surface area (Å²) in [6, 6.07) is 10.2. The van der Waals surface area contributed by atoms with E-state index in [0.29, 0.717) is 11.4 Å². The first kappa shape index (κ1) is 17.7. The van der Waals surface area contributed by atoms with Gasteiger partial charge in [0.1, 0.15) is 5.82 Å². The largest absolute Gasteiger partial charge is 0.490 e. The molecule has 2 aromatic rings. The molecule has 126 valence electrons. The Labute approximate surface area is 142 Å². The second-order valence-corrected chi connectivity index (χ2v) is 5.80. The molecule has 0 aliphatic rings. The molecule has 2 aromatic carbocycles. The van der Waals surface area contributed by atoms with Crippen LogP contribution in [-0.4, -0.2) is 23.7 Å². The van der Waals surface area contributed by atoms with E-state index in [2.05, 4.69) is 5.32 Å². The fraction of sp³-hybridized carbons (Fsp3) is 0.188. The van der Waals surface area contributed by atoms with Gasteiger partial charge in [-0.2, -0.15) is 0 Å². The molecule has 0 fully saturated rings. The standard InChI is InChI=1S/C16H15FN2O4S/c1-23-15-7-2-11(8-14(15)19(21)22)9-24-10-16(20)18-13-5-3-12(17)4-6-13/h2-8H,9-10H2,1H3,(H,18,20). The van der Waals surface area contributed by atoms with Crippen molar-refractivity contribution >= 4 is 29.0 Å². The molecule has 0 radical (unpaired) electrons. The highest BCUT2D eigenvalue weighted by Gasteiger charge is 2.15. The maximum absolute atomic E-state index is 12.8. The molecule has 24 heavy (non-hydrogen) atoms. The number of nitrogens with one attached hydrogen (secondary N) is 1. The molecule has 0 saturated carbocycles. The minimum atomic E-state index is -0.506. The molecule has 0 aliphatic carbocycles. The van der Waals surface area contributed by atoms with Gasteiger partial charge in [-0.3, -0.25) is 14.9 Å². The third-order valence-corrected chi connectivity index (χ3v) is 4.07. The number of anilines is 1. The molecule has 2 rings (SSSR count). The molecule has 0 aromatic heterocycles. The van der Waals surface area contributed by atoms with Crippen molar-refractivity contribution < 1.29 is 18.8 Å². The number of carbonyl (C=O) groups excluding carboxylic acids is 1. The van der Waals surface area contributed by atoms with Crippen molar-refractivity contribution in [3.05, 3.63) is 64.0 Å². The first-order chi connectivity index (χ1) is 11.5. The smallest absolute Gasteiger partial charge is 0.311 e. The summed E-state index contributed by atoms with van der Waals surface area (Å²) in [5, 5.41) is 13.6. The minimum Gasteiger partial charge on any atom is -0.490 e. The zero-order chi connectivity index (χ0) is 17.5. The summed E-state index contributed by atoms with van der Waals surface area (Å²) < 4.78 is 17.7. The van der Waals surface area contributed by atoms with Crippen molar-refractivity contribution in [2.24, 2.45) is 0 Å². The topological polar surface area (TPSA) is 81.5 Å². The summed E-state index contributed by atoms with van der Waals surface area (Å²) in [5.74, 6) is 0.222. The van der Waals surface area contributed by atoms with E-state index in [1.54, 1.807) is 6.07 Å². The van der Waals surface area contributed by atoms with E-state index in [9.17, 15) is 19.3 Å². The summed E-state index contributed by atoms with van der Waals surface area (Å²) in [5.41, 5.74) is 1.13. The normalized spacial score (nSPS) is 10.2. The van der Waals surface area contributed by atoms with Crippen LogP contribution in [-0.2, 0) is 10.5 Å². The van der Waals surface area contributed by atoms with Gasteiger partial charge in [-0.05, 0) is 35.9 Å². The van der Waals surface area contributed by atoms with Crippen LogP contribution in [0.1, 0.15) is 5.56 Å². The minimum absolute atomic E-state index is 0.105. The molecule has 8 heteroatoms. The van der Waals surface area contributed by atoms with Crippen molar-refractivity contribution in [2.75, 3.05) is 18.2 Å². The van der Waals surface area contributed by atoms with Crippen molar-refractivity contribution in [1.29, 1.82) is 0 Å². The molecule has 0 aliphatic heterocycles. The Morgan fingerprint density at radius 2 is 2.00 bits per heavy atom. The number of nitro benzene ring substituents is 1. The molecule has 0 atom stereocenters. The Morgan fingerprint density at radius 3 is 2.62 bits per heavy atom. The molecular formula is C16H15FN2O4S. The van der Waals surface area contributed by atoms with Crippen molar-refractivity contribution in [1.82, 2.24) is 0 Å². The monoisotopic (exact) mass is 350 g/mol. The van der Waals surface area contributed by atoms with E-state index < -0.39 is 4.92 Å². The third-order valence-electron chi connectivity index (χ3n) is 3.07. The number of halogens is 1. The van der Waals surface area contributed by atoms with Crippen LogP contribution in [0.3, 0.4) is 0 Å². The van der Waals surface area contributed by atoms with Gasteiger partial charge in [-0.15, -0.1) is 11.8 Å². The second kappa shape index (κ2) is 8.30. The lowest BCUT2D eigenvalue weighted by Gasteiger charge is -2.06. The van der Waals surface area contributed by atoms with E-state index in [4.69, 9.17) is 4.74 Å². The summed E-state index contributed by atoms with van der Waals surface area (Å²) >= 11 is 1.32. The van der Waals surface area contributed by atoms with Gasteiger partial charge in [0, 0.05) is 17.5 Å². The quantitative estimate of drug-likeness (QED) is 0.609. The SMILES string of the molecule is COc1ccc(CSCC(=O)Nc2ccc(F)cc2)cc1[N+](=O)[O-]. The lowest BCUT2D eigenvalue weighted by atomic mass is 10.2. The Balaban J connectivity index is 1.87. The van der Waals surface area contributed by atoms with Gasteiger partial charge in [-0.25, -0.2) is 4.39 Å². The van der Waals surface area contributed by atoms with E-state index in [1.165, 1.54) is 55.3 Å². The fourth-order valence-electron chi connectivity index (χ4n) is 1.96. The molecule has 1 N–H and O–H groups in total. The maximum atomic E-state index is 12.8. The number of rotatable bonds is 7. The highest BCUT2D eigenvalue weighted by molar-refractivity contribution is 7.99. The predicted molar refractivity (Wildman–Crippen MR) is 90.8 cm³/mol. The Morgan fingerprint density at radius 1 is 1.29 bits per heavy atom. The van der Waals surface area contributed by atoms with Gasteiger partial charge in [0.05, 0.1) is 17.8 Å². The number of nitrogens with zero attached hydrogens (tertiary/aromatic N) is 1. The van der Waals surface area contributed by atoms with Gasteiger partial charge < -0.3 is 10.1 Å². The van der Waals surface area contributed by atoms with Crippen LogP contribution in [0.25, 0.3) is 0 Å². The van der Waals surface area contributed by atoms with E-state index >= 15 is 0 Å². The van der Waals surface area contributed by atoms with Crippen LogP contribution in [0.5, 0.6) is 5.75 Å². The van der Waals surface area contributed by atoms with Gasteiger partial charge >= 0.3 is 5.69 Å². The number of ether oxygens (including phenoxy) is 1. The van der Waals surface area contributed by atoms with Crippen LogP contribution in [0.15, 0.2) is 42.5 Å². The molecule has 6 nitrogen and oxygen atoms in total. The van der Waals surface area contributed by atoms with E-state index in [1.807, 2.05) is 0 Å². The van der Waals surface area contributed by atoms with Crippen LogP contribution >= 0.6 is 11.8 Å². The first-order valence-corrected chi connectivity index (χ1v) is 8.09. The number of nitro groups is 1. The lowest BCUT2D eigenvalue weighted by Crippen LogP contribution is -2.14. The summed E-state index contributed by atoms with van der Waals surface area (Å²) in [6.07, 6.45) is 0.